The van der Waals surface area contributed by atoms with Gasteiger partial charge in [0.1, 0.15) is 0 Å². The van der Waals surface area contributed by atoms with E-state index in [4.69, 9.17) is 0 Å². The van der Waals surface area contributed by atoms with Gasteiger partial charge >= 0.3 is 0 Å². The zero-order valence-corrected chi connectivity index (χ0v) is 18.8. The molecule has 1 aromatic heterocycles. The number of benzene rings is 2. The van der Waals surface area contributed by atoms with Crippen molar-refractivity contribution in [3.05, 3.63) is 68.2 Å². The van der Waals surface area contributed by atoms with Gasteiger partial charge in [0.05, 0.1) is 27.9 Å². The number of anilines is 1. The number of hydrogen-bond donors (Lipinski definition) is 5. The van der Waals surface area contributed by atoms with Gasteiger partial charge in [-0.25, -0.2) is 13.1 Å². The summed E-state index contributed by atoms with van der Waals surface area (Å²) >= 11 is 0. The normalized spacial score (nSPS) is 11.3. The van der Waals surface area contributed by atoms with Crippen molar-refractivity contribution in [2.45, 2.75) is 25.2 Å². The maximum absolute atomic E-state index is 12.5. The molecule has 0 bridgehead atoms. The summed E-state index contributed by atoms with van der Waals surface area (Å²) in [4.78, 5) is 48.3. The number of nitrogens with one attached hydrogen (secondary N) is 5. The number of fused-ring (bicyclic) bond motifs is 1. The molecule has 0 saturated heterocycles. The predicted octanol–water partition coefficient (Wildman–Crippen LogP) is 0.257. The van der Waals surface area contributed by atoms with Crippen LogP contribution in [0.4, 0.5) is 5.69 Å². The van der Waals surface area contributed by atoms with Gasteiger partial charge in [-0.15, -0.1) is 0 Å². The highest BCUT2D eigenvalue weighted by Gasteiger charge is 2.17. The van der Waals surface area contributed by atoms with Crippen molar-refractivity contribution in [1.29, 1.82) is 0 Å². The summed E-state index contributed by atoms with van der Waals surface area (Å²) in [6, 6.07) is 9.47. The second-order valence-corrected chi connectivity index (χ2v) is 9.11. The van der Waals surface area contributed by atoms with Gasteiger partial charge in [0.2, 0.25) is 21.8 Å². The Bertz CT molecular complexity index is 1440. The summed E-state index contributed by atoms with van der Waals surface area (Å²) in [7, 11) is -3.78. The lowest BCUT2D eigenvalue weighted by Crippen LogP contribution is -2.35. The zero-order chi connectivity index (χ0) is 24.2. The van der Waals surface area contributed by atoms with Gasteiger partial charge in [-0.3, -0.25) is 29.4 Å². The van der Waals surface area contributed by atoms with E-state index in [0.29, 0.717) is 5.56 Å². The first-order valence-corrected chi connectivity index (χ1v) is 11.4. The number of aryl methyl sites for hydroxylation is 2. The van der Waals surface area contributed by atoms with E-state index >= 15 is 0 Å². The second kappa shape index (κ2) is 9.79. The minimum absolute atomic E-state index is 0.0155. The van der Waals surface area contributed by atoms with Crippen molar-refractivity contribution in [1.82, 2.24) is 20.2 Å². The number of rotatable bonds is 8. The smallest absolute Gasteiger partial charge is 0.272 e. The SMILES string of the molecule is Cc1ccc(C)c(S(=O)(=O)NCCC(=O)NCC(=O)Nc2cccc3c(=O)[nH][nH]c(=O)c23)c1. The van der Waals surface area contributed by atoms with Crippen LogP contribution in [0, 0.1) is 13.8 Å². The molecule has 11 nitrogen and oxygen atoms in total. The third kappa shape index (κ3) is 5.73. The van der Waals surface area contributed by atoms with Crippen LogP contribution in [0.25, 0.3) is 10.8 Å². The van der Waals surface area contributed by atoms with Crippen LogP contribution in [0.5, 0.6) is 0 Å². The summed E-state index contributed by atoms with van der Waals surface area (Å²) in [6.07, 6.45) is -0.180. The summed E-state index contributed by atoms with van der Waals surface area (Å²) in [5.74, 6) is -1.16. The largest absolute Gasteiger partial charge is 0.347 e. The van der Waals surface area contributed by atoms with Crippen molar-refractivity contribution < 1.29 is 18.0 Å². The molecule has 1 heterocycles. The van der Waals surface area contributed by atoms with E-state index in [1.807, 2.05) is 0 Å². The first-order chi connectivity index (χ1) is 15.6. The minimum Gasteiger partial charge on any atom is -0.347 e. The first-order valence-electron chi connectivity index (χ1n) is 9.95. The van der Waals surface area contributed by atoms with E-state index < -0.39 is 39.5 Å². The van der Waals surface area contributed by atoms with Gasteiger partial charge in [0.25, 0.3) is 11.1 Å². The molecule has 12 heteroatoms. The molecule has 0 saturated carbocycles. The van der Waals surface area contributed by atoms with Crippen molar-refractivity contribution in [2.75, 3.05) is 18.4 Å². The highest BCUT2D eigenvalue weighted by Crippen LogP contribution is 2.17. The number of carbonyl (C=O) groups excluding carboxylic acids is 2. The number of carbonyl (C=O) groups is 2. The lowest BCUT2D eigenvalue weighted by atomic mass is 10.1. The third-order valence-corrected chi connectivity index (χ3v) is 6.43. The van der Waals surface area contributed by atoms with E-state index in [0.717, 1.165) is 5.56 Å². The van der Waals surface area contributed by atoms with E-state index in [1.165, 1.54) is 18.2 Å². The van der Waals surface area contributed by atoms with Gasteiger partial charge in [-0.05, 0) is 43.2 Å². The zero-order valence-electron chi connectivity index (χ0n) is 17.9. The van der Waals surface area contributed by atoms with Crippen molar-refractivity contribution in [3.63, 3.8) is 0 Å². The Morgan fingerprint density at radius 2 is 1.70 bits per heavy atom. The highest BCUT2D eigenvalue weighted by atomic mass is 32.2. The molecule has 33 heavy (non-hydrogen) atoms. The maximum atomic E-state index is 12.5. The lowest BCUT2D eigenvalue weighted by molar-refractivity contribution is -0.124. The van der Waals surface area contributed by atoms with Crippen LogP contribution in [0.2, 0.25) is 0 Å². The number of amides is 2. The number of H-pyrrole nitrogens is 2. The number of sulfonamides is 1. The van der Waals surface area contributed by atoms with E-state index in [9.17, 15) is 27.6 Å². The van der Waals surface area contributed by atoms with Crippen LogP contribution in [-0.4, -0.2) is 43.5 Å². The summed E-state index contributed by atoms with van der Waals surface area (Å²) < 4.78 is 27.3. The van der Waals surface area contributed by atoms with E-state index in [-0.39, 0.29) is 34.3 Å². The Morgan fingerprint density at radius 3 is 2.45 bits per heavy atom. The molecule has 2 aromatic carbocycles. The van der Waals surface area contributed by atoms with Gasteiger partial charge in [-0.1, -0.05) is 18.2 Å². The summed E-state index contributed by atoms with van der Waals surface area (Å²) in [6.45, 7) is 2.91. The van der Waals surface area contributed by atoms with Gasteiger partial charge in [0, 0.05) is 13.0 Å². The Hall–Kier alpha value is -3.77. The second-order valence-electron chi connectivity index (χ2n) is 7.38. The van der Waals surface area contributed by atoms with Gasteiger partial charge in [0.15, 0.2) is 0 Å². The minimum atomic E-state index is -3.78. The number of aromatic nitrogens is 2. The van der Waals surface area contributed by atoms with Crippen molar-refractivity contribution in [2.24, 2.45) is 0 Å². The molecule has 0 aliphatic carbocycles. The van der Waals surface area contributed by atoms with Crippen molar-refractivity contribution in [3.8, 4) is 0 Å². The van der Waals surface area contributed by atoms with Crippen LogP contribution in [0.15, 0.2) is 50.9 Å². The highest BCUT2D eigenvalue weighted by molar-refractivity contribution is 7.89. The fourth-order valence-electron chi connectivity index (χ4n) is 3.17. The lowest BCUT2D eigenvalue weighted by Gasteiger charge is -2.11. The average molecular weight is 474 g/mol. The number of hydrogen-bond acceptors (Lipinski definition) is 6. The Kier molecular flexibility index (Phi) is 7.09. The standard InChI is InChI=1S/C21H23N5O6S/c1-12-6-7-13(2)16(10-12)33(31,32)23-9-8-17(27)22-11-18(28)24-15-5-3-4-14-19(15)21(30)26-25-20(14)29/h3-7,10,23H,8-9,11H2,1-2H3,(H,22,27)(H,24,28)(H,25,29)(H,26,30). The molecular weight excluding hydrogens is 450 g/mol. The van der Waals surface area contributed by atoms with E-state index in [2.05, 4.69) is 25.6 Å². The van der Waals surface area contributed by atoms with Crippen LogP contribution >= 0.6 is 0 Å². The van der Waals surface area contributed by atoms with Gasteiger partial charge < -0.3 is 10.6 Å². The fraction of sp³-hybridized carbons (Fsp3) is 0.238. The molecule has 0 radical (unpaired) electrons. The molecule has 0 aliphatic heterocycles. The quantitative estimate of drug-likeness (QED) is 0.314. The maximum Gasteiger partial charge on any atom is 0.272 e. The molecule has 174 valence electrons. The molecule has 2 amide bonds. The molecule has 3 rings (SSSR count). The average Bonchev–Trinajstić information content (AvgIpc) is 2.76. The summed E-state index contributed by atoms with van der Waals surface area (Å²) in [5.41, 5.74) is 0.407. The Balaban J connectivity index is 1.54. The van der Waals surface area contributed by atoms with Crippen LogP contribution in [-0.2, 0) is 19.6 Å². The topological polar surface area (TPSA) is 170 Å². The van der Waals surface area contributed by atoms with Crippen LogP contribution in [0.1, 0.15) is 17.5 Å². The fourth-order valence-corrected chi connectivity index (χ4v) is 4.53. The van der Waals surface area contributed by atoms with Crippen LogP contribution in [0.3, 0.4) is 0 Å². The monoisotopic (exact) mass is 473 g/mol. The Morgan fingerprint density at radius 1 is 0.970 bits per heavy atom. The Labute approximate surface area is 188 Å². The van der Waals surface area contributed by atoms with Crippen LogP contribution < -0.4 is 26.5 Å². The molecule has 0 unspecified atom stereocenters. The first kappa shape index (κ1) is 23.9. The predicted molar refractivity (Wildman–Crippen MR) is 123 cm³/mol. The van der Waals surface area contributed by atoms with E-state index in [1.54, 1.807) is 32.0 Å². The third-order valence-electron chi connectivity index (χ3n) is 4.82. The molecule has 5 N–H and O–H groups in total. The summed E-state index contributed by atoms with van der Waals surface area (Å²) in [5, 5.41) is 9.38. The molecule has 0 aliphatic rings. The molecule has 0 spiro atoms. The molecule has 0 fully saturated rings. The molecule has 0 atom stereocenters. The van der Waals surface area contributed by atoms with Crippen molar-refractivity contribution >= 4 is 38.3 Å². The number of aromatic amines is 2. The van der Waals surface area contributed by atoms with Gasteiger partial charge in [-0.2, -0.15) is 0 Å². The molecular formula is C21H23N5O6S. The molecule has 3 aromatic rings.